The standard InChI is InChI=1S/C12H24N2O4S/c1-10-8-18-12(7-15)6-14(10)19(16,17)9-11-2-4-13-5-3-11/h10-13,15H,2-9H2,1H3. The topological polar surface area (TPSA) is 78.9 Å². The van der Waals surface area contributed by atoms with Gasteiger partial charge >= 0.3 is 0 Å². The maximum absolute atomic E-state index is 12.5. The van der Waals surface area contributed by atoms with Gasteiger partial charge in [0.15, 0.2) is 0 Å². The van der Waals surface area contributed by atoms with Crippen LogP contribution < -0.4 is 5.32 Å². The van der Waals surface area contributed by atoms with Gasteiger partial charge in [-0.05, 0) is 38.8 Å². The lowest BCUT2D eigenvalue weighted by atomic mass is 10.0. The first-order valence-corrected chi connectivity index (χ1v) is 8.56. The maximum Gasteiger partial charge on any atom is 0.214 e. The largest absolute Gasteiger partial charge is 0.394 e. The molecule has 0 bridgehead atoms. The third kappa shape index (κ3) is 3.88. The number of nitrogens with one attached hydrogen (secondary N) is 1. The van der Waals surface area contributed by atoms with Crippen molar-refractivity contribution in [3.8, 4) is 0 Å². The Balaban J connectivity index is 2.00. The first-order valence-electron chi connectivity index (χ1n) is 6.95. The van der Waals surface area contributed by atoms with Crippen LogP contribution in [0.1, 0.15) is 19.8 Å². The number of piperidine rings is 1. The van der Waals surface area contributed by atoms with Crippen LogP contribution in [0.4, 0.5) is 0 Å². The fraction of sp³-hybridized carbons (Fsp3) is 1.00. The predicted molar refractivity (Wildman–Crippen MR) is 72.4 cm³/mol. The van der Waals surface area contributed by atoms with Crippen LogP contribution in [0.15, 0.2) is 0 Å². The highest BCUT2D eigenvalue weighted by molar-refractivity contribution is 7.89. The molecule has 2 atom stereocenters. The smallest absolute Gasteiger partial charge is 0.214 e. The normalized spacial score (nSPS) is 31.5. The van der Waals surface area contributed by atoms with Gasteiger partial charge in [-0.25, -0.2) is 8.42 Å². The first kappa shape index (κ1) is 15.2. The number of hydrogen-bond donors (Lipinski definition) is 2. The Kier molecular flexibility index (Phi) is 5.19. The number of nitrogens with zero attached hydrogens (tertiary/aromatic N) is 1. The van der Waals surface area contributed by atoms with Crippen LogP contribution in [0, 0.1) is 5.92 Å². The summed E-state index contributed by atoms with van der Waals surface area (Å²) < 4.78 is 31.9. The average molecular weight is 292 g/mol. The molecule has 0 radical (unpaired) electrons. The third-order valence-corrected chi connectivity index (χ3v) is 6.03. The van der Waals surface area contributed by atoms with E-state index in [4.69, 9.17) is 9.84 Å². The van der Waals surface area contributed by atoms with Crippen molar-refractivity contribution in [2.75, 3.05) is 38.6 Å². The zero-order valence-electron chi connectivity index (χ0n) is 11.4. The van der Waals surface area contributed by atoms with Crippen molar-refractivity contribution in [3.05, 3.63) is 0 Å². The summed E-state index contributed by atoms with van der Waals surface area (Å²) in [6, 6.07) is -0.144. The minimum absolute atomic E-state index is 0.133. The molecule has 0 spiro atoms. The summed E-state index contributed by atoms with van der Waals surface area (Å²) in [5, 5.41) is 12.4. The molecular formula is C12H24N2O4S. The van der Waals surface area contributed by atoms with Gasteiger partial charge in [0.25, 0.3) is 0 Å². The molecule has 0 amide bonds. The van der Waals surface area contributed by atoms with Crippen LogP contribution in [0.2, 0.25) is 0 Å². The van der Waals surface area contributed by atoms with E-state index in [1.807, 2.05) is 6.92 Å². The van der Waals surface area contributed by atoms with Gasteiger partial charge < -0.3 is 15.2 Å². The van der Waals surface area contributed by atoms with E-state index in [2.05, 4.69) is 5.32 Å². The fourth-order valence-corrected chi connectivity index (χ4v) is 4.86. The number of aliphatic hydroxyl groups is 1. The van der Waals surface area contributed by atoms with Gasteiger partial charge in [-0.15, -0.1) is 0 Å². The van der Waals surface area contributed by atoms with Crippen LogP contribution in [0.5, 0.6) is 0 Å². The number of sulfonamides is 1. The molecule has 2 aliphatic heterocycles. The molecule has 2 aliphatic rings. The molecule has 0 aromatic heterocycles. The van der Waals surface area contributed by atoms with E-state index < -0.39 is 10.0 Å². The van der Waals surface area contributed by atoms with Gasteiger partial charge in [-0.1, -0.05) is 0 Å². The van der Waals surface area contributed by atoms with Gasteiger partial charge in [0, 0.05) is 12.6 Å². The van der Waals surface area contributed by atoms with E-state index in [0.29, 0.717) is 6.61 Å². The van der Waals surface area contributed by atoms with Gasteiger partial charge in [0.1, 0.15) is 0 Å². The van der Waals surface area contributed by atoms with Crippen LogP contribution in [0.3, 0.4) is 0 Å². The van der Waals surface area contributed by atoms with Crippen molar-refractivity contribution in [2.24, 2.45) is 5.92 Å². The highest BCUT2D eigenvalue weighted by Crippen LogP contribution is 2.21. The molecule has 2 N–H and O–H groups in total. The van der Waals surface area contributed by atoms with Gasteiger partial charge in [-0.2, -0.15) is 4.31 Å². The SMILES string of the molecule is CC1COC(CO)CN1S(=O)(=O)CC1CCNCC1. The second-order valence-electron chi connectivity index (χ2n) is 5.53. The molecule has 2 heterocycles. The molecule has 0 saturated carbocycles. The minimum Gasteiger partial charge on any atom is -0.394 e. The minimum atomic E-state index is -3.26. The number of ether oxygens (including phenoxy) is 1. The first-order chi connectivity index (χ1) is 9.03. The Labute approximate surface area is 115 Å². The quantitative estimate of drug-likeness (QED) is 0.723. The van der Waals surface area contributed by atoms with Crippen molar-refractivity contribution in [3.63, 3.8) is 0 Å². The summed E-state index contributed by atoms with van der Waals surface area (Å²) >= 11 is 0. The van der Waals surface area contributed by atoms with Crippen molar-refractivity contribution >= 4 is 10.0 Å². The Morgan fingerprint density at radius 1 is 1.37 bits per heavy atom. The van der Waals surface area contributed by atoms with Gasteiger partial charge in [0.2, 0.25) is 10.0 Å². The number of rotatable bonds is 4. The molecule has 7 heteroatoms. The number of aliphatic hydroxyl groups excluding tert-OH is 1. The molecule has 2 rings (SSSR count). The molecule has 19 heavy (non-hydrogen) atoms. The summed E-state index contributed by atoms with van der Waals surface area (Å²) in [5.74, 6) is 0.464. The fourth-order valence-electron chi connectivity index (χ4n) is 2.73. The molecule has 0 aromatic rings. The summed E-state index contributed by atoms with van der Waals surface area (Å²) in [6.45, 7) is 4.15. The Bertz CT molecular complexity index is 381. The summed E-state index contributed by atoms with van der Waals surface area (Å²) in [7, 11) is -3.26. The van der Waals surface area contributed by atoms with Crippen LogP contribution >= 0.6 is 0 Å². The van der Waals surface area contributed by atoms with Crippen molar-refractivity contribution < 1.29 is 18.3 Å². The van der Waals surface area contributed by atoms with E-state index in [1.165, 1.54) is 4.31 Å². The van der Waals surface area contributed by atoms with E-state index in [9.17, 15) is 8.42 Å². The molecule has 6 nitrogen and oxygen atoms in total. The molecule has 2 saturated heterocycles. The van der Waals surface area contributed by atoms with Crippen molar-refractivity contribution in [2.45, 2.75) is 31.9 Å². The van der Waals surface area contributed by atoms with Crippen LogP contribution in [-0.2, 0) is 14.8 Å². The average Bonchev–Trinajstić information content (AvgIpc) is 2.39. The molecule has 0 aromatic carbocycles. The van der Waals surface area contributed by atoms with Gasteiger partial charge in [-0.3, -0.25) is 0 Å². The van der Waals surface area contributed by atoms with Gasteiger partial charge in [0.05, 0.1) is 25.1 Å². The molecule has 112 valence electrons. The lowest BCUT2D eigenvalue weighted by Gasteiger charge is -2.37. The molecular weight excluding hydrogens is 268 g/mol. The molecule has 2 fully saturated rings. The Morgan fingerprint density at radius 3 is 2.68 bits per heavy atom. The second kappa shape index (κ2) is 6.49. The second-order valence-corrected chi connectivity index (χ2v) is 7.49. The van der Waals surface area contributed by atoms with E-state index >= 15 is 0 Å². The van der Waals surface area contributed by atoms with E-state index in [1.54, 1.807) is 0 Å². The lowest BCUT2D eigenvalue weighted by molar-refractivity contribution is -0.0517. The number of hydrogen-bond acceptors (Lipinski definition) is 5. The Morgan fingerprint density at radius 2 is 2.05 bits per heavy atom. The zero-order chi connectivity index (χ0) is 13.9. The summed E-state index contributed by atoms with van der Waals surface area (Å²) in [4.78, 5) is 0. The maximum atomic E-state index is 12.5. The van der Waals surface area contributed by atoms with Crippen LogP contribution in [-0.4, -0.2) is 68.6 Å². The summed E-state index contributed by atoms with van der Waals surface area (Å²) in [6.07, 6.45) is 1.45. The zero-order valence-corrected chi connectivity index (χ0v) is 12.2. The number of morpholine rings is 1. The van der Waals surface area contributed by atoms with Crippen LogP contribution in [0.25, 0.3) is 0 Å². The molecule has 0 aliphatic carbocycles. The highest BCUT2D eigenvalue weighted by Gasteiger charge is 2.35. The molecule has 2 unspecified atom stereocenters. The lowest BCUT2D eigenvalue weighted by Crippen LogP contribution is -2.53. The van der Waals surface area contributed by atoms with E-state index in [0.717, 1.165) is 25.9 Å². The van der Waals surface area contributed by atoms with Crippen molar-refractivity contribution in [1.82, 2.24) is 9.62 Å². The predicted octanol–water partition coefficient (Wildman–Crippen LogP) is -0.603. The van der Waals surface area contributed by atoms with E-state index in [-0.39, 0.29) is 37.0 Å². The third-order valence-electron chi connectivity index (χ3n) is 3.91. The highest BCUT2D eigenvalue weighted by atomic mass is 32.2. The van der Waals surface area contributed by atoms with Crippen molar-refractivity contribution in [1.29, 1.82) is 0 Å². The Hall–Kier alpha value is -0.210. The monoisotopic (exact) mass is 292 g/mol. The summed E-state index contributed by atoms with van der Waals surface area (Å²) in [5.41, 5.74) is 0.